The van der Waals surface area contributed by atoms with E-state index in [2.05, 4.69) is 122 Å². The molecule has 2 aromatic heterocycles. The Kier molecular flexibility index (Phi) is 6.91. The Morgan fingerprint density at radius 2 is 1.73 bits per heavy atom. The van der Waals surface area contributed by atoms with Crippen LogP contribution in [0.5, 0.6) is 0 Å². The molecule has 2 atom stereocenters. The number of rotatable bonds is 5. The van der Waals surface area contributed by atoms with E-state index in [1.54, 1.807) is 0 Å². The van der Waals surface area contributed by atoms with Gasteiger partial charge in [0.25, 0.3) is 0 Å². The fourth-order valence-electron chi connectivity index (χ4n) is 7.48. The highest BCUT2D eigenvalue weighted by Gasteiger charge is 2.38. The third kappa shape index (κ3) is 4.48. The van der Waals surface area contributed by atoms with Crippen molar-refractivity contribution in [2.45, 2.75) is 19.0 Å². The smallest absolute Gasteiger partial charge is 0.185 e. The molecule has 0 amide bonds. The molecule has 5 aromatic rings. The lowest BCUT2D eigenvalue weighted by atomic mass is 9.92. The first-order valence-corrected chi connectivity index (χ1v) is 18.2. The van der Waals surface area contributed by atoms with Crippen molar-refractivity contribution in [2.75, 3.05) is 11.4 Å². The molecular formula is C41H34N5OP. The van der Waals surface area contributed by atoms with E-state index in [1.807, 2.05) is 55.0 Å². The zero-order valence-electron chi connectivity index (χ0n) is 26.3. The maximum Gasteiger partial charge on any atom is 0.185 e. The van der Waals surface area contributed by atoms with Gasteiger partial charge in [-0.05, 0) is 67.1 Å². The van der Waals surface area contributed by atoms with Gasteiger partial charge in [-0.2, -0.15) is 0 Å². The Morgan fingerprint density at radius 3 is 2.56 bits per heavy atom. The highest BCUT2D eigenvalue weighted by Crippen LogP contribution is 2.60. The number of aromatic nitrogens is 2. The number of fused-ring (bicyclic) bond motifs is 6. The number of para-hydroxylation sites is 1. The van der Waals surface area contributed by atoms with Crippen molar-refractivity contribution in [3.05, 3.63) is 174 Å². The van der Waals surface area contributed by atoms with Crippen molar-refractivity contribution < 1.29 is 4.57 Å². The predicted molar refractivity (Wildman–Crippen MR) is 197 cm³/mol. The van der Waals surface area contributed by atoms with Gasteiger partial charge in [-0.15, -0.1) is 0 Å². The van der Waals surface area contributed by atoms with Gasteiger partial charge in [0.05, 0.1) is 22.3 Å². The van der Waals surface area contributed by atoms with Gasteiger partial charge in [-0.3, -0.25) is 4.98 Å². The molecule has 234 valence electrons. The SMILES string of the molecule is O=P(C1=CCCC=C1)(C1=CC=CC(N2C3=C(CNC=C3)c3c(ccc4ccn(-c5ccccc5)c34)-c3cnccc32)N1)c1ccccc1. The summed E-state index contributed by atoms with van der Waals surface area (Å²) in [7, 11) is -3.18. The first kappa shape index (κ1) is 28.6. The predicted octanol–water partition coefficient (Wildman–Crippen LogP) is 8.59. The van der Waals surface area contributed by atoms with Crippen LogP contribution < -0.4 is 20.8 Å². The van der Waals surface area contributed by atoms with Crippen LogP contribution >= 0.6 is 7.14 Å². The minimum absolute atomic E-state index is 0.310. The lowest BCUT2D eigenvalue weighted by molar-refractivity contribution is 0.581. The van der Waals surface area contributed by atoms with Crippen LogP contribution in [0.2, 0.25) is 0 Å². The molecule has 2 unspecified atom stereocenters. The van der Waals surface area contributed by atoms with Gasteiger partial charge < -0.3 is 24.7 Å². The topological polar surface area (TPSA) is 62.2 Å². The minimum atomic E-state index is -3.18. The van der Waals surface area contributed by atoms with Crippen LogP contribution in [0.3, 0.4) is 0 Å². The van der Waals surface area contributed by atoms with Gasteiger partial charge in [0.1, 0.15) is 6.17 Å². The molecule has 48 heavy (non-hydrogen) atoms. The molecule has 0 spiro atoms. The number of dihydropyridines is 2. The van der Waals surface area contributed by atoms with E-state index in [9.17, 15) is 0 Å². The second-order valence-electron chi connectivity index (χ2n) is 12.4. The number of nitrogens with one attached hydrogen (secondary N) is 2. The Bertz CT molecular complexity index is 2310. The van der Waals surface area contributed by atoms with Crippen molar-refractivity contribution in [3.8, 4) is 16.8 Å². The van der Waals surface area contributed by atoms with E-state index in [4.69, 9.17) is 0 Å². The molecular weight excluding hydrogens is 609 g/mol. The first-order chi connectivity index (χ1) is 23.7. The number of hydrogen-bond acceptors (Lipinski definition) is 5. The highest BCUT2D eigenvalue weighted by molar-refractivity contribution is 7.79. The van der Waals surface area contributed by atoms with Crippen molar-refractivity contribution in [1.29, 1.82) is 0 Å². The van der Waals surface area contributed by atoms with E-state index in [0.717, 1.165) is 62.6 Å². The summed E-state index contributed by atoms with van der Waals surface area (Å²) in [5, 5.41) is 10.2. The van der Waals surface area contributed by atoms with Crippen molar-refractivity contribution >= 4 is 34.6 Å². The van der Waals surface area contributed by atoms with Gasteiger partial charge in [0.2, 0.25) is 0 Å². The summed E-state index contributed by atoms with van der Waals surface area (Å²) in [5.41, 5.74) is 9.70. The van der Waals surface area contributed by atoms with Gasteiger partial charge >= 0.3 is 0 Å². The Hall–Kier alpha value is -5.58. The number of anilines is 1. The molecule has 1 aliphatic carbocycles. The van der Waals surface area contributed by atoms with Crippen LogP contribution in [0.15, 0.2) is 169 Å². The highest BCUT2D eigenvalue weighted by atomic mass is 31.2. The number of benzene rings is 3. The fourth-order valence-corrected chi connectivity index (χ4v) is 10.2. The zero-order valence-corrected chi connectivity index (χ0v) is 27.2. The van der Waals surface area contributed by atoms with Crippen LogP contribution in [0, 0.1) is 0 Å². The van der Waals surface area contributed by atoms with Crippen molar-refractivity contribution in [3.63, 3.8) is 0 Å². The average Bonchev–Trinajstić information content (AvgIpc) is 3.55. The quantitative estimate of drug-likeness (QED) is 0.188. The summed E-state index contributed by atoms with van der Waals surface area (Å²) < 4.78 is 17.8. The largest absolute Gasteiger partial charge is 0.387 e. The molecule has 0 saturated carbocycles. The second-order valence-corrected chi connectivity index (χ2v) is 15.1. The van der Waals surface area contributed by atoms with Crippen LogP contribution in [-0.4, -0.2) is 22.3 Å². The Morgan fingerprint density at radius 1 is 0.875 bits per heavy atom. The summed E-state index contributed by atoms with van der Waals surface area (Å²) in [6, 6.07) is 29.2. The lowest BCUT2D eigenvalue weighted by Crippen LogP contribution is -2.45. The summed E-state index contributed by atoms with van der Waals surface area (Å²) >= 11 is 0. The molecule has 3 aliphatic heterocycles. The Balaban J connectivity index is 1.24. The maximum atomic E-state index is 15.5. The number of nitrogens with zero attached hydrogens (tertiary/aromatic N) is 3. The van der Waals surface area contributed by atoms with Crippen LogP contribution in [0.25, 0.3) is 33.3 Å². The summed E-state index contributed by atoms with van der Waals surface area (Å²) in [6.07, 6.45) is 24.3. The molecule has 2 N–H and O–H groups in total. The summed E-state index contributed by atoms with van der Waals surface area (Å²) in [6.45, 7) is 0.662. The van der Waals surface area contributed by atoms with E-state index in [-0.39, 0.29) is 6.17 Å². The molecule has 6 nitrogen and oxygen atoms in total. The van der Waals surface area contributed by atoms with Gasteiger partial charge in [0.15, 0.2) is 7.14 Å². The minimum Gasteiger partial charge on any atom is -0.387 e. The normalized spacial score (nSPS) is 19.2. The third-order valence-electron chi connectivity index (χ3n) is 9.66. The van der Waals surface area contributed by atoms with Crippen molar-refractivity contribution in [2.24, 2.45) is 0 Å². The number of pyridine rings is 1. The van der Waals surface area contributed by atoms with E-state index in [0.29, 0.717) is 6.54 Å². The fraction of sp³-hybridized carbons (Fsp3) is 0.0976. The molecule has 3 aromatic carbocycles. The molecule has 0 bridgehead atoms. The third-order valence-corrected chi connectivity index (χ3v) is 12.7. The van der Waals surface area contributed by atoms with Crippen LogP contribution in [0.1, 0.15) is 18.4 Å². The number of allylic oxidation sites excluding steroid dienone is 7. The molecule has 9 rings (SSSR count). The number of hydrogen-bond donors (Lipinski definition) is 2. The molecule has 0 fully saturated rings. The summed E-state index contributed by atoms with van der Waals surface area (Å²) in [4.78, 5) is 7.00. The lowest BCUT2D eigenvalue weighted by Gasteiger charge is -2.39. The summed E-state index contributed by atoms with van der Waals surface area (Å²) in [5.74, 6) is 0. The van der Waals surface area contributed by atoms with E-state index < -0.39 is 7.14 Å². The molecule has 4 aliphatic rings. The van der Waals surface area contributed by atoms with Gasteiger partial charge in [-0.1, -0.05) is 85.0 Å². The molecule has 0 radical (unpaired) electrons. The monoisotopic (exact) mass is 643 g/mol. The van der Waals surface area contributed by atoms with Gasteiger partial charge in [0, 0.05) is 63.5 Å². The molecule has 5 heterocycles. The molecule has 0 saturated heterocycles. The second kappa shape index (κ2) is 11.6. The van der Waals surface area contributed by atoms with E-state index >= 15 is 4.57 Å². The first-order valence-electron chi connectivity index (χ1n) is 16.5. The van der Waals surface area contributed by atoms with Crippen LogP contribution in [-0.2, 0) is 4.57 Å². The zero-order chi connectivity index (χ0) is 32.1. The van der Waals surface area contributed by atoms with E-state index in [1.165, 1.54) is 16.5 Å². The van der Waals surface area contributed by atoms with Crippen molar-refractivity contribution in [1.82, 2.24) is 20.2 Å². The van der Waals surface area contributed by atoms with Crippen LogP contribution in [0.4, 0.5) is 5.69 Å². The maximum absolute atomic E-state index is 15.5. The molecule has 7 heteroatoms. The van der Waals surface area contributed by atoms with Gasteiger partial charge in [-0.25, -0.2) is 0 Å². The average molecular weight is 644 g/mol. The Labute approximate surface area is 280 Å². The standard InChI is InChI=1S/C41H34N5OP/c47-48(31-13-6-2-7-14-31,32-15-8-3-9-16-32)39-18-10-17-38(44-39)46-36-21-24-42-27-34(36)33-20-19-29-23-26-45(30-11-4-1-5-12-30)41(29)40(33)35-28-43-25-22-37(35)46/h1-2,4-8,10-27,38,43-44H,3,9,28H2.